The number of nitrogens with zero attached hydrogens (tertiary/aromatic N) is 3. The maximum absolute atomic E-state index is 12.5. The van der Waals surface area contributed by atoms with Gasteiger partial charge in [-0.3, -0.25) is 0 Å². The fourth-order valence-corrected chi connectivity index (χ4v) is 4.65. The van der Waals surface area contributed by atoms with Gasteiger partial charge in [0.2, 0.25) is 0 Å². The van der Waals surface area contributed by atoms with Crippen molar-refractivity contribution in [2.24, 2.45) is 0 Å². The number of ether oxygens (including phenoxy) is 2. The molecule has 1 amide bonds. The second-order valence-corrected chi connectivity index (χ2v) is 16.8. The number of nitrogens with one attached hydrogen (secondary N) is 1. The summed E-state index contributed by atoms with van der Waals surface area (Å²) in [6.07, 6.45) is 4.54. The van der Waals surface area contributed by atoms with Gasteiger partial charge in [0, 0.05) is 51.6 Å². The van der Waals surface area contributed by atoms with Crippen molar-refractivity contribution >= 4 is 36.9 Å². The van der Waals surface area contributed by atoms with Crippen molar-refractivity contribution < 1.29 is 24.2 Å². The Morgan fingerprint density at radius 1 is 1.29 bits per heavy atom. The number of likely N-dealkylation sites (tertiary alicyclic amines) is 1. The average Bonchev–Trinajstić information content (AvgIpc) is 3.13. The SMILES string of the molecule is CC(C)(C)OC(=O)N1CCCC(Nc2c(C(=O)O)cnc3c2ccn3COCC[Si](C)(C)C)C1. The van der Waals surface area contributed by atoms with Crippen LogP contribution in [-0.4, -0.2) is 71.0 Å². The Labute approximate surface area is 202 Å². The van der Waals surface area contributed by atoms with E-state index in [1.165, 1.54) is 6.20 Å². The van der Waals surface area contributed by atoms with Gasteiger partial charge in [-0.25, -0.2) is 14.6 Å². The normalized spacial score (nSPS) is 17.1. The molecule has 2 aromatic heterocycles. The highest BCUT2D eigenvalue weighted by atomic mass is 28.3. The summed E-state index contributed by atoms with van der Waals surface area (Å²) in [6.45, 7) is 14.6. The van der Waals surface area contributed by atoms with Crippen LogP contribution in [0.25, 0.3) is 11.0 Å². The molecule has 3 heterocycles. The Morgan fingerprint density at radius 3 is 2.68 bits per heavy atom. The lowest BCUT2D eigenvalue weighted by molar-refractivity contribution is 0.0206. The molecule has 0 radical (unpaired) electrons. The Bertz CT molecular complexity index is 1020. The van der Waals surface area contributed by atoms with Crippen molar-refractivity contribution in [3.8, 4) is 0 Å². The number of pyridine rings is 1. The number of piperidine rings is 1. The van der Waals surface area contributed by atoms with Crippen molar-refractivity contribution in [3.05, 3.63) is 24.0 Å². The first-order valence-electron chi connectivity index (χ1n) is 11.9. The van der Waals surface area contributed by atoms with Gasteiger partial charge in [-0.05, 0) is 45.7 Å². The van der Waals surface area contributed by atoms with Crippen LogP contribution >= 0.6 is 0 Å². The summed E-state index contributed by atoms with van der Waals surface area (Å²) in [5, 5.41) is 13.9. The van der Waals surface area contributed by atoms with Gasteiger partial charge in [0.25, 0.3) is 0 Å². The van der Waals surface area contributed by atoms with Crippen LogP contribution in [0.4, 0.5) is 10.5 Å². The third-order valence-electron chi connectivity index (χ3n) is 5.67. The highest BCUT2D eigenvalue weighted by molar-refractivity contribution is 6.76. The van der Waals surface area contributed by atoms with Gasteiger partial charge in [-0.15, -0.1) is 0 Å². The molecule has 0 saturated carbocycles. The van der Waals surface area contributed by atoms with Crippen LogP contribution < -0.4 is 5.32 Å². The Kier molecular flexibility index (Phi) is 7.92. The fraction of sp³-hybridized carbons (Fsp3) is 0.625. The first-order valence-corrected chi connectivity index (χ1v) is 15.6. The number of rotatable bonds is 8. The average molecular weight is 491 g/mol. The molecule has 0 spiro atoms. The summed E-state index contributed by atoms with van der Waals surface area (Å²) < 4.78 is 13.3. The van der Waals surface area contributed by atoms with Crippen LogP contribution in [-0.2, 0) is 16.2 Å². The second-order valence-electron chi connectivity index (χ2n) is 11.1. The van der Waals surface area contributed by atoms with Gasteiger partial charge in [-0.1, -0.05) is 19.6 Å². The van der Waals surface area contributed by atoms with Gasteiger partial charge in [-0.2, -0.15) is 0 Å². The van der Waals surface area contributed by atoms with E-state index >= 15 is 0 Å². The molecule has 3 rings (SSSR count). The summed E-state index contributed by atoms with van der Waals surface area (Å²) in [7, 11) is -1.18. The highest BCUT2D eigenvalue weighted by Crippen LogP contribution is 2.29. The van der Waals surface area contributed by atoms with Crippen molar-refractivity contribution in [3.63, 3.8) is 0 Å². The number of carbonyl (C=O) groups is 2. The molecule has 34 heavy (non-hydrogen) atoms. The summed E-state index contributed by atoms with van der Waals surface area (Å²) >= 11 is 0. The number of carbonyl (C=O) groups excluding carboxylic acids is 1. The van der Waals surface area contributed by atoms with Gasteiger partial charge in [0.15, 0.2) is 0 Å². The van der Waals surface area contributed by atoms with Crippen molar-refractivity contribution in [2.75, 3.05) is 25.0 Å². The zero-order chi connectivity index (χ0) is 25.1. The number of amides is 1. The zero-order valence-corrected chi connectivity index (χ0v) is 22.2. The van der Waals surface area contributed by atoms with Crippen molar-refractivity contribution in [2.45, 2.75) is 77.7 Å². The molecule has 9 nitrogen and oxygen atoms in total. The molecule has 2 aromatic rings. The third kappa shape index (κ3) is 6.96. The van der Waals surface area contributed by atoms with E-state index in [9.17, 15) is 14.7 Å². The van der Waals surface area contributed by atoms with Crippen molar-refractivity contribution in [1.29, 1.82) is 0 Å². The monoisotopic (exact) mass is 490 g/mol. The largest absolute Gasteiger partial charge is 0.478 e. The van der Waals surface area contributed by atoms with Crippen molar-refractivity contribution in [1.82, 2.24) is 14.5 Å². The van der Waals surface area contributed by atoms with Crippen LogP contribution in [0.3, 0.4) is 0 Å². The molecule has 0 aliphatic carbocycles. The van der Waals surface area contributed by atoms with Crippen LogP contribution in [0.2, 0.25) is 25.7 Å². The molecule has 2 N–H and O–H groups in total. The molecule has 0 aromatic carbocycles. The van der Waals surface area contributed by atoms with E-state index in [0.29, 0.717) is 37.8 Å². The van der Waals surface area contributed by atoms with E-state index in [-0.39, 0.29) is 17.7 Å². The van der Waals surface area contributed by atoms with Gasteiger partial charge >= 0.3 is 12.1 Å². The number of carboxylic acid groups (broad SMARTS) is 1. The standard InChI is InChI=1S/C24H38N4O5Si/c1-24(2,3)33-23(31)27-10-7-8-17(15-27)26-20-18-9-11-28(16-32-12-13-34(4,5)6)21(18)25-14-19(20)22(29)30/h9,11,14,17H,7-8,10,12-13,15-16H2,1-6H3,(H,25,26)(H,29,30). The van der Waals surface area contributed by atoms with E-state index in [1.807, 2.05) is 37.6 Å². The van der Waals surface area contributed by atoms with E-state index in [2.05, 4.69) is 29.9 Å². The van der Waals surface area contributed by atoms with Crippen LogP contribution in [0.1, 0.15) is 44.0 Å². The number of aromatic nitrogens is 2. The third-order valence-corrected chi connectivity index (χ3v) is 7.37. The lowest BCUT2D eigenvalue weighted by Gasteiger charge is -2.35. The molecule has 1 aliphatic heterocycles. The zero-order valence-electron chi connectivity index (χ0n) is 21.2. The van der Waals surface area contributed by atoms with E-state index < -0.39 is 19.6 Å². The lowest BCUT2D eigenvalue weighted by atomic mass is 10.0. The topological polar surface area (TPSA) is 106 Å². The number of fused-ring (bicyclic) bond motifs is 1. The summed E-state index contributed by atoms with van der Waals surface area (Å²) in [6, 6.07) is 2.85. The van der Waals surface area contributed by atoms with Gasteiger partial charge in [0.05, 0.1) is 5.69 Å². The highest BCUT2D eigenvalue weighted by Gasteiger charge is 2.29. The molecule has 1 saturated heterocycles. The number of aromatic carboxylic acids is 1. The molecule has 0 bridgehead atoms. The molecule has 1 atom stereocenters. The Hall–Kier alpha value is -2.59. The second kappa shape index (κ2) is 10.3. The minimum absolute atomic E-state index is 0.0960. The first-order chi connectivity index (χ1) is 15.8. The molecule has 10 heteroatoms. The number of carboxylic acids is 1. The summed E-state index contributed by atoms with van der Waals surface area (Å²) in [4.78, 5) is 30.6. The molecule has 1 aliphatic rings. The number of anilines is 1. The summed E-state index contributed by atoms with van der Waals surface area (Å²) in [5.74, 6) is -1.05. The maximum Gasteiger partial charge on any atom is 0.410 e. The van der Waals surface area contributed by atoms with Gasteiger partial charge < -0.3 is 29.4 Å². The van der Waals surface area contributed by atoms with Crippen LogP contribution in [0, 0.1) is 0 Å². The molecule has 188 valence electrons. The Morgan fingerprint density at radius 2 is 2.03 bits per heavy atom. The predicted octanol–water partition coefficient (Wildman–Crippen LogP) is 4.86. The molecule has 1 unspecified atom stereocenters. The molecule has 1 fully saturated rings. The van der Waals surface area contributed by atoms with E-state index in [4.69, 9.17) is 9.47 Å². The lowest BCUT2D eigenvalue weighted by Crippen LogP contribution is -2.47. The molecular weight excluding hydrogens is 452 g/mol. The smallest absolute Gasteiger partial charge is 0.410 e. The predicted molar refractivity (Wildman–Crippen MR) is 135 cm³/mol. The fourth-order valence-electron chi connectivity index (χ4n) is 3.89. The minimum Gasteiger partial charge on any atom is -0.478 e. The number of hydrogen-bond acceptors (Lipinski definition) is 6. The Balaban J connectivity index is 1.77. The van der Waals surface area contributed by atoms with E-state index in [0.717, 1.165) is 24.3 Å². The van der Waals surface area contributed by atoms with Crippen LogP contribution in [0.5, 0.6) is 0 Å². The molecular formula is C24H38N4O5Si. The first kappa shape index (κ1) is 26.0. The summed E-state index contributed by atoms with van der Waals surface area (Å²) in [5.41, 5.74) is 0.736. The van der Waals surface area contributed by atoms with Gasteiger partial charge in [0.1, 0.15) is 23.5 Å². The number of hydrogen-bond donors (Lipinski definition) is 2. The maximum atomic E-state index is 12.5. The van der Waals surface area contributed by atoms with E-state index in [1.54, 1.807) is 4.90 Å². The van der Waals surface area contributed by atoms with Crippen LogP contribution in [0.15, 0.2) is 18.5 Å². The quantitative estimate of drug-likeness (QED) is 0.402. The minimum atomic E-state index is -1.18.